The molecule has 1 fully saturated rings. The first kappa shape index (κ1) is 24.3. The Labute approximate surface area is 192 Å². The average molecular weight is 459 g/mol. The monoisotopic (exact) mass is 458 g/mol. The number of nitrogens with one attached hydrogen (secondary N) is 1. The molecule has 0 unspecified atom stereocenters. The van der Waals surface area contributed by atoms with Crippen molar-refractivity contribution < 1.29 is 17.9 Å². The molecular formula is C25H34N2O4S. The lowest BCUT2D eigenvalue weighted by Gasteiger charge is -2.31. The normalized spacial score (nSPS) is 16.6. The van der Waals surface area contributed by atoms with Gasteiger partial charge in [-0.1, -0.05) is 18.2 Å². The van der Waals surface area contributed by atoms with Crippen LogP contribution in [0.2, 0.25) is 0 Å². The number of rotatable bonds is 6. The SMILES string of the molecule is COc1ccc(C)cc1S(=O)(=O)N1CCC(C(=O)N[C@H](C)c2cc(C)c(C)cc2C)CC1. The topological polar surface area (TPSA) is 75.7 Å². The summed E-state index contributed by atoms with van der Waals surface area (Å²) in [5.41, 5.74) is 5.58. The number of carbonyl (C=O) groups excluding carboxylic acids is 1. The van der Waals surface area contributed by atoms with Gasteiger partial charge >= 0.3 is 0 Å². The second-order valence-corrected chi connectivity index (χ2v) is 10.8. The first-order valence-corrected chi connectivity index (χ1v) is 12.5. The average Bonchev–Trinajstić information content (AvgIpc) is 2.76. The third kappa shape index (κ3) is 4.99. The molecule has 2 aromatic rings. The van der Waals surface area contributed by atoms with E-state index in [0.29, 0.717) is 31.7 Å². The summed E-state index contributed by atoms with van der Waals surface area (Å²) in [6, 6.07) is 9.34. The van der Waals surface area contributed by atoms with E-state index in [4.69, 9.17) is 4.74 Å². The third-order valence-corrected chi connectivity index (χ3v) is 8.39. The number of piperidine rings is 1. The van der Waals surface area contributed by atoms with Gasteiger partial charge in [-0.25, -0.2) is 8.42 Å². The van der Waals surface area contributed by atoms with E-state index < -0.39 is 10.0 Å². The second-order valence-electron chi connectivity index (χ2n) is 8.86. The molecule has 174 valence electrons. The number of hydrogen-bond donors (Lipinski definition) is 1. The fourth-order valence-electron chi connectivity index (χ4n) is 4.34. The van der Waals surface area contributed by atoms with Crippen LogP contribution < -0.4 is 10.1 Å². The molecule has 0 aliphatic carbocycles. The number of ether oxygens (including phenoxy) is 1. The number of sulfonamides is 1. The van der Waals surface area contributed by atoms with Crippen LogP contribution in [0, 0.1) is 33.6 Å². The van der Waals surface area contributed by atoms with Gasteiger partial charge in [-0.05, 0) is 87.4 Å². The minimum absolute atomic E-state index is 0.0136. The molecular weight excluding hydrogens is 424 g/mol. The molecule has 1 aliphatic heterocycles. The molecule has 1 N–H and O–H groups in total. The molecule has 1 heterocycles. The summed E-state index contributed by atoms with van der Waals surface area (Å²) < 4.78 is 33.1. The zero-order chi connectivity index (χ0) is 23.6. The number of hydrogen-bond acceptors (Lipinski definition) is 4. The number of carbonyl (C=O) groups is 1. The Bertz CT molecular complexity index is 1100. The molecule has 0 spiro atoms. The Balaban J connectivity index is 1.66. The quantitative estimate of drug-likeness (QED) is 0.704. The van der Waals surface area contributed by atoms with Crippen molar-refractivity contribution in [2.24, 2.45) is 5.92 Å². The van der Waals surface area contributed by atoms with Crippen molar-refractivity contribution in [1.29, 1.82) is 0 Å². The third-order valence-electron chi connectivity index (χ3n) is 6.47. The summed E-state index contributed by atoms with van der Waals surface area (Å²) in [5, 5.41) is 3.14. The van der Waals surface area contributed by atoms with E-state index in [2.05, 4.69) is 38.2 Å². The van der Waals surface area contributed by atoms with Crippen LogP contribution in [0.15, 0.2) is 35.2 Å². The predicted octanol–water partition coefficient (Wildman–Crippen LogP) is 4.21. The lowest BCUT2D eigenvalue weighted by molar-refractivity contribution is -0.126. The number of benzene rings is 2. The Morgan fingerprint density at radius 2 is 1.66 bits per heavy atom. The van der Waals surface area contributed by atoms with Crippen LogP contribution in [0.4, 0.5) is 0 Å². The molecule has 0 saturated carbocycles. The molecule has 0 bridgehead atoms. The summed E-state index contributed by atoms with van der Waals surface area (Å²) in [7, 11) is -2.21. The zero-order valence-electron chi connectivity index (χ0n) is 19.9. The Morgan fingerprint density at radius 3 is 2.28 bits per heavy atom. The molecule has 0 radical (unpaired) electrons. The Kier molecular flexibility index (Phi) is 7.30. The van der Waals surface area contributed by atoms with Crippen LogP contribution in [0.3, 0.4) is 0 Å². The lowest BCUT2D eigenvalue weighted by Crippen LogP contribution is -2.43. The van der Waals surface area contributed by atoms with E-state index in [1.165, 1.54) is 22.5 Å². The van der Waals surface area contributed by atoms with Crippen molar-refractivity contribution in [2.75, 3.05) is 20.2 Å². The van der Waals surface area contributed by atoms with Gasteiger partial charge in [-0.15, -0.1) is 0 Å². The highest BCUT2D eigenvalue weighted by Crippen LogP contribution is 2.31. The van der Waals surface area contributed by atoms with Crippen LogP contribution in [-0.2, 0) is 14.8 Å². The van der Waals surface area contributed by atoms with Crippen LogP contribution in [0.1, 0.15) is 53.6 Å². The number of aryl methyl sites for hydroxylation is 4. The van der Waals surface area contributed by atoms with Gasteiger partial charge in [0.15, 0.2) is 0 Å². The number of nitrogens with zero attached hydrogens (tertiary/aromatic N) is 1. The van der Waals surface area contributed by atoms with Gasteiger partial charge in [0.1, 0.15) is 10.6 Å². The fourth-order valence-corrected chi connectivity index (χ4v) is 6.05. The van der Waals surface area contributed by atoms with Gasteiger partial charge in [0.2, 0.25) is 15.9 Å². The van der Waals surface area contributed by atoms with Crippen LogP contribution in [-0.4, -0.2) is 38.8 Å². The molecule has 2 aromatic carbocycles. The van der Waals surface area contributed by atoms with Crippen LogP contribution >= 0.6 is 0 Å². The maximum absolute atomic E-state index is 13.2. The van der Waals surface area contributed by atoms with Gasteiger partial charge in [-0.3, -0.25) is 4.79 Å². The van der Waals surface area contributed by atoms with Crippen molar-refractivity contribution in [2.45, 2.75) is 58.4 Å². The Hall–Kier alpha value is -2.38. The first-order valence-electron chi connectivity index (χ1n) is 11.1. The summed E-state index contributed by atoms with van der Waals surface area (Å²) in [5.74, 6) is 0.128. The van der Waals surface area contributed by atoms with Crippen molar-refractivity contribution in [1.82, 2.24) is 9.62 Å². The summed E-state index contributed by atoms with van der Waals surface area (Å²) in [6.45, 7) is 10.7. The van der Waals surface area contributed by atoms with Crippen LogP contribution in [0.25, 0.3) is 0 Å². The van der Waals surface area contributed by atoms with Gasteiger partial charge in [-0.2, -0.15) is 4.31 Å². The highest BCUT2D eigenvalue weighted by molar-refractivity contribution is 7.89. The molecule has 1 saturated heterocycles. The zero-order valence-corrected chi connectivity index (χ0v) is 20.7. The number of amides is 1. The van der Waals surface area contributed by atoms with E-state index in [0.717, 1.165) is 16.7 Å². The minimum Gasteiger partial charge on any atom is -0.495 e. The van der Waals surface area contributed by atoms with E-state index in [1.54, 1.807) is 12.1 Å². The predicted molar refractivity (Wildman–Crippen MR) is 126 cm³/mol. The summed E-state index contributed by atoms with van der Waals surface area (Å²) >= 11 is 0. The molecule has 1 aliphatic rings. The van der Waals surface area contributed by atoms with Crippen molar-refractivity contribution in [3.05, 3.63) is 58.1 Å². The lowest BCUT2D eigenvalue weighted by atomic mass is 9.94. The highest BCUT2D eigenvalue weighted by atomic mass is 32.2. The van der Waals surface area contributed by atoms with Crippen molar-refractivity contribution >= 4 is 15.9 Å². The van der Waals surface area contributed by atoms with E-state index in [1.807, 2.05) is 19.9 Å². The van der Waals surface area contributed by atoms with E-state index >= 15 is 0 Å². The molecule has 7 heteroatoms. The van der Waals surface area contributed by atoms with Gasteiger partial charge < -0.3 is 10.1 Å². The molecule has 3 rings (SSSR count). The van der Waals surface area contributed by atoms with Gasteiger partial charge in [0.25, 0.3) is 0 Å². The highest BCUT2D eigenvalue weighted by Gasteiger charge is 2.34. The van der Waals surface area contributed by atoms with E-state index in [9.17, 15) is 13.2 Å². The van der Waals surface area contributed by atoms with Crippen LogP contribution in [0.5, 0.6) is 5.75 Å². The van der Waals surface area contributed by atoms with Gasteiger partial charge in [0, 0.05) is 19.0 Å². The molecule has 6 nitrogen and oxygen atoms in total. The van der Waals surface area contributed by atoms with E-state index in [-0.39, 0.29) is 22.8 Å². The fraction of sp³-hybridized carbons (Fsp3) is 0.480. The second kappa shape index (κ2) is 9.63. The number of methoxy groups -OCH3 is 1. The van der Waals surface area contributed by atoms with Crippen molar-refractivity contribution in [3.63, 3.8) is 0 Å². The summed E-state index contributed by atoms with van der Waals surface area (Å²) in [6.07, 6.45) is 0.996. The molecule has 1 amide bonds. The van der Waals surface area contributed by atoms with Crippen molar-refractivity contribution in [3.8, 4) is 5.75 Å². The maximum atomic E-state index is 13.2. The largest absolute Gasteiger partial charge is 0.495 e. The summed E-state index contributed by atoms with van der Waals surface area (Å²) in [4.78, 5) is 13.1. The standard InChI is InChI=1S/C25H34N2O4S/c1-16-7-8-23(31-6)24(13-16)32(29,30)27-11-9-21(10-12-27)25(28)26-20(5)22-15-18(3)17(2)14-19(22)4/h7-8,13-15,20-21H,9-12H2,1-6H3,(H,26,28)/t20-/m1/s1. The molecule has 1 atom stereocenters. The smallest absolute Gasteiger partial charge is 0.246 e. The van der Waals surface area contributed by atoms with Gasteiger partial charge in [0.05, 0.1) is 13.2 Å². The maximum Gasteiger partial charge on any atom is 0.246 e. The molecule has 32 heavy (non-hydrogen) atoms. The first-order chi connectivity index (χ1) is 15.0. The Morgan fingerprint density at radius 1 is 1.03 bits per heavy atom. The minimum atomic E-state index is -3.68. The molecule has 0 aromatic heterocycles.